The first-order valence-electron chi connectivity index (χ1n) is 7.59. The third kappa shape index (κ3) is 5.86. The number of aryl methyl sites for hydroxylation is 1. The van der Waals surface area contributed by atoms with Gasteiger partial charge in [-0.25, -0.2) is 0 Å². The first kappa shape index (κ1) is 18.4. The number of carbonyl (C=O) groups is 1. The maximum atomic E-state index is 12.6. The Bertz CT molecular complexity index is 859. The van der Waals surface area contributed by atoms with E-state index in [-0.39, 0.29) is 0 Å². The molecular weight excluding hydrogens is 325 g/mol. The number of Topliss-reactive ketones (excluding diaryl/α,β-unsaturated/α-hetero) is 1. The Balaban J connectivity index is 2.25. The minimum absolute atomic E-state index is 0.576. The van der Waals surface area contributed by atoms with Crippen LogP contribution in [0.25, 0.3) is 0 Å². The van der Waals surface area contributed by atoms with Crippen LogP contribution < -0.4 is 0 Å². The van der Waals surface area contributed by atoms with E-state index in [0.29, 0.717) is 5.56 Å². The summed E-state index contributed by atoms with van der Waals surface area (Å²) in [6.07, 6.45) is -5.58. The van der Waals surface area contributed by atoms with E-state index < -0.39 is 24.3 Å². The average Bonchev–Trinajstić information content (AvgIpc) is 2.57. The van der Waals surface area contributed by atoms with E-state index in [1.54, 1.807) is 30.3 Å². The lowest BCUT2D eigenvalue weighted by Crippen LogP contribution is -2.24. The van der Waals surface area contributed by atoms with E-state index in [1.165, 1.54) is 0 Å². The van der Waals surface area contributed by atoms with E-state index in [2.05, 4.69) is 23.7 Å². The van der Waals surface area contributed by atoms with Crippen molar-refractivity contribution in [2.45, 2.75) is 25.4 Å². The van der Waals surface area contributed by atoms with Gasteiger partial charge in [0, 0.05) is 12.0 Å². The number of benzene rings is 2. The topological polar surface area (TPSA) is 17.1 Å². The van der Waals surface area contributed by atoms with Gasteiger partial charge in [-0.1, -0.05) is 59.9 Å². The van der Waals surface area contributed by atoms with Crippen molar-refractivity contribution in [3.63, 3.8) is 0 Å². The summed E-state index contributed by atoms with van der Waals surface area (Å²) in [6, 6.07) is 16.1. The van der Waals surface area contributed by atoms with Crippen molar-refractivity contribution in [2.24, 2.45) is 0 Å². The van der Waals surface area contributed by atoms with Crippen LogP contribution in [0.3, 0.4) is 0 Å². The fourth-order valence-electron chi connectivity index (χ4n) is 2.19. The van der Waals surface area contributed by atoms with Crippen LogP contribution in [-0.2, 0) is 4.79 Å². The predicted octanol–water partition coefficient (Wildman–Crippen LogP) is 4.66. The fourth-order valence-corrected chi connectivity index (χ4v) is 2.19. The molecule has 0 saturated carbocycles. The number of hydrogen-bond acceptors (Lipinski definition) is 1. The van der Waals surface area contributed by atoms with Gasteiger partial charge in [0.25, 0.3) is 0 Å². The molecule has 2 aromatic carbocycles. The first-order valence-corrected chi connectivity index (χ1v) is 7.59. The quantitative estimate of drug-likeness (QED) is 0.743. The second-order valence-electron chi connectivity index (χ2n) is 5.48. The lowest BCUT2D eigenvalue weighted by Gasteiger charge is -2.12. The van der Waals surface area contributed by atoms with E-state index in [1.807, 2.05) is 31.2 Å². The third-order valence-corrected chi connectivity index (χ3v) is 3.44. The monoisotopic (exact) mass is 340 g/mol. The number of ketones is 1. The maximum absolute atomic E-state index is 12.6. The predicted molar refractivity (Wildman–Crippen MR) is 90.7 cm³/mol. The van der Waals surface area contributed by atoms with Crippen molar-refractivity contribution in [1.82, 2.24) is 0 Å². The summed E-state index contributed by atoms with van der Waals surface area (Å²) in [6.45, 7) is 1.83. The zero-order valence-corrected chi connectivity index (χ0v) is 13.5. The highest BCUT2D eigenvalue weighted by molar-refractivity contribution is 5.85. The van der Waals surface area contributed by atoms with Gasteiger partial charge in [-0.05, 0) is 36.5 Å². The minimum Gasteiger partial charge on any atom is -0.290 e. The summed E-state index contributed by atoms with van der Waals surface area (Å²) in [5.41, 5.74) is 2.22. The Morgan fingerprint density at radius 2 is 1.76 bits per heavy atom. The Morgan fingerprint density at radius 1 is 1.04 bits per heavy atom. The highest BCUT2D eigenvalue weighted by atomic mass is 19.4. The molecule has 126 valence electrons. The summed E-state index contributed by atoms with van der Waals surface area (Å²) >= 11 is 0. The van der Waals surface area contributed by atoms with Gasteiger partial charge in [-0.2, -0.15) is 13.2 Å². The highest BCUT2D eigenvalue weighted by Crippen LogP contribution is 2.26. The summed E-state index contributed by atoms with van der Waals surface area (Å²) in [5, 5.41) is 0. The lowest BCUT2D eigenvalue weighted by molar-refractivity contribution is -0.171. The van der Waals surface area contributed by atoms with Crippen LogP contribution in [-0.4, -0.2) is 12.0 Å². The standard InChI is InChI=1S/C21H15F3O/c1-16-8-7-13-18(14-16)19(15-20(25)21(22,23)24)12-6-5-11-17-9-3-2-4-10-17/h2-4,7-10,13-14,19H,15H2,1H3/t19-/m0/s1. The van der Waals surface area contributed by atoms with Gasteiger partial charge in [-0.15, -0.1) is 0 Å². The molecule has 0 unspecified atom stereocenters. The SMILES string of the molecule is Cc1cccc([C@@H](C#CC#Cc2ccccc2)CC(=O)C(F)(F)F)c1. The van der Waals surface area contributed by atoms with Gasteiger partial charge in [-0.3, -0.25) is 4.79 Å². The molecule has 0 saturated heterocycles. The van der Waals surface area contributed by atoms with Gasteiger partial charge >= 0.3 is 6.18 Å². The van der Waals surface area contributed by atoms with Crippen LogP contribution in [0.15, 0.2) is 54.6 Å². The third-order valence-electron chi connectivity index (χ3n) is 3.44. The molecule has 0 N–H and O–H groups in total. The lowest BCUT2D eigenvalue weighted by atomic mass is 9.93. The summed E-state index contributed by atoms with van der Waals surface area (Å²) in [5.74, 6) is 8.07. The second kappa shape index (κ2) is 8.22. The Labute approximate surface area is 144 Å². The molecule has 0 amide bonds. The average molecular weight is 340 g/mol. The van der Waals surface area contributed by atoms with Crippen molar-refractivity contribution in [2.75, 3.05) is 0 Å². The number of hydrogen-bond donors (Lipinski definition) is 0. The molecular formula is C21H15F3O. The molecule has 4 heteroatoms. The van der Waals surface area contributed by atoms with Crippen LogP contribution in [0.5, 0.6) is 0 Å². The molecule has 1 nitrogen and oxygen atoms in total. The van der Waals surface area contributed by atoms with Crippen LogP contribution in [0.4, 0.5) is 13.2 Å². The van der Waals surface area contributed by atoms with Crippen LogP contribution in [0, 0.1) is 30.6 Å². The smallest absolute Gasteiger partial charge is 0.290 e. The molecule has 0 fully saturated rings. The van der Waals surface area contributed by atoms with Gasteiger partial charge in [0.15, 0.2) is 0 Å². The van der Waals surface area contributed by atoms with Gasteiger partial charge in [0.1, 0.15) is 0 Å². The second-order valence-corrected chi connectivity index (χ2v) is 5.48. The molecule has 0 heterocycles. The first-order chi connectivity index (χ1) is 11.9. The molecule has 0 aliphatic heterocycles. The molecule has 0 radical (unpaired) electrons. The van der Waals surface area contributed by atoms with E-state index in [4.69, 9.17) is 0 Å². The molecule has 0 aromatic heterocycles. The zero-order chi connectivity index (χ0) is 18.3. The van der Waals surface area contributed by atoms with Crippen LogP contribution >= 0.6 is 0 Å². The number of halogens is 3. The summed E-state index contributed by atoms with van der Waals surface area (Å²) in [7, 11) is 0. The molecule has 25 heavy (non-hydrogen) atoms. The molecule has 2 aromatic rings. The number of rotatable bonds is 3. The minimum atomic E-state index is -4.86. The van der Waals surface area contributed by atoms with E-state index >= 15 is 0 Å². The summed E-state index contributed by atoms with van der Waals surface area (Å²) in [4.78, 5) is 11.4. The Kier molecular flexibility index (Phi) is 6.03. The van der Waals surface area contributed by atoms with Crippen molar-refractivity contribution in [1.29, 1.82) is 0 Å². The van der Waals surface area contributed by atoms with Crippen LogP contribution in [0.1, 0.15) is 29.0 Å². The highest BCUT2D eigenvalue weighted by Gasteiger charge is 2.39. The number of alkyl halides is 3. The molecule has 1 atom stereocenters. The van der Waals surface area contributed by atoms with Crippen molar-refractivity contribution in [3.05, 3.63) is 71.3 Å². The van der Waals surface area contributed by atoms with Gasteiger partial charge < -0.3 is 0 Å². The fraction of sp³-hybridized carbons (Fsp3) is 0.190. The zero-order valence-electron chi connectivity index (χ0n) is 13.5. The molecule has 0 bridgehead atoms. The molecule has 2 rings (SSSR count). The van der Waals surface area contributed by atoms with Crippen LogP contribution in [0.2, 0.25) is 0 Å². The largest absolute Gasteiger partial charge is 0.450 e. The molecule has 0 spiro atoms. The van der Waals surface area contributed by atoms with Gasteiger partial charge in [0.2, 0.25) is 5.78 Å². The Hall–Kier alpha value is -2.98. The normalized spacial score (nSPS) is 11.5. The maximum Gasteiger partial charge on any atom is 0.450 e. The van der Waals surface area contributed by atoms with E-state index in [0.717, 1.165) is 11.1 Å². The summed E-state index contributed by atoms with van der Waals surface area (Å²) < 4.78 is 37.8. The van der Waals surface area contributed by atoms with Gasteiger partial charge in [0.05, 0.1) is 5.92 Å². The molecule has 0 aliphatic rings. The van der Waals surface area contributed by atoms with Crippen molar-refractivity contribution in [3.8, 4) is 23.7 Å². The Morgan fingerprint density at radius 3 is 2.40 bits per heavy atom. The number of carbonyl (C=O) groups excluding carboxylic acids is 1. The van der Waals surface area contributed by atoms with Crippen molar-refractivity contribution >= 4 is 5.78 Å². The van der Waals surface area contributed by atoms with E-state index in [9.17, 15) is 18.0 Å². The molecule has 0 aliphatic carbocycles. The van der Waals surface area contributed by atoms with Crippen molar-refractivity contribution < 1.29 is 18.0 Å².